The number of hydrogen-bond acceptors (Lipinski definition) is 3. The number of aliphatic carboxylic acids is 1. The first kappa shape index (κ1) is 15.9. The van der Waals surface area contributed by atoms with Crippen molar-refractivity contribution in [2.75, 3.05) is 6.54 Å². The summed E-state index contributed by atoms with van der Waals surface area (Å²) in [4.78, 5) is 22.2. The van der Waals surface area contributed by atoms with Crippen LogP contribution in [-0.4, -0.2) is 40.9 Å². The third kappa shape index (κ3) is 5.23. The smallest absolute Gasteiger partial charge is 0.328 e. The van der Waals surface area contributed by atoms with Crippen LogP contribution in [0.1, 0.15) is 12.5 Å². The molecular formula is C13H17FN2O4. The Kier molecular flexibility index (Phi) is 5.92. The van der Waals surface area contributed by atoms with Crippen LogP contribution in [0.2, 0.25) is 0 Å². The zero-order chi connectivity index (χ0) is 15.1. The molecule has 1 aromatic rings. The van der Waals surface area contributed by atoms with Gasteiger partial charge in [-0.15, -0.1) is 0 Å². The largest absolute Gasteiger partial charge is 0.480 e. The van der Waals surface area contributed by atoms with Gasteiger partial charge >= 0.3 is 12.0 Å². The number of carboxylic acids is 1. The summed E-state index contributed by atoms with van der Waals surface area (Å²) in [5.74, 6) is -1.64. The first-order chi connectivity index (χ1) is 9.40. The van der Waals surface area contributed by atoms with Crippen LogP contribution in [0.4, 0.5) is 9.18 Å². The number of urea groups is 1. The second kappa shape index (κ2) is 7.44. The number of aliphatic hydroxyl groups is 1. The molecule has 0 heterocycles. The Morgan fingerprint density at radius 2 is 1.90 bits per heavy atom. The maximum atomic E-state index is 12.7. The summed E-state index contributed by atoms with van der Waals surface area (Å²) in [6.45, 7) is 1.54. The van der Waals surface area contributed by atoms with E-state index < -0.39 is 24.1 Å². The third-order valence-corrected chi connectivity index (χ3v) is 2.65. The molecule has 0 bridgehead atoms. The minimum Gasteiger partial charge on any atom is -0.480 e. The van der Waals surface area contributed by atoms with E-state index in [1.165, 1.54) is 19.1 Å². The Bertz CT molecular complexity index is 462. The van der Waals surface area contributed by atoms with E-state index in [1.807, 2.05) is 0 Å². The fraction of sp³-hybridized carbons (Fsp3) is 0.385. The van der Waals surface area contributed by atoms with Crippen molar-refractivity contribution in [3.8, 4) is 0 Å². The summed E-state index contributed by atoms with van der Waals surface area (Å²) >= 11 is 0. The van der Waals surface area contributed by atoms with Crippen LogP contribution < -0.4 is 10.6 Å². The number of hydrogen-bond donors (Lipinski definition) is 4. The van der Waals surface area contributed by atoms with Crippen molar-refractivity contribution in [2.45, 2.75) is 25.5 Å². The van der Waals surface area contributed by atoms with Crippen LogP contribution in [0.5, 0.6) is 0 Å². The van der Waals surface area contributed by atoms with E-state index in [2.05, 4.69) is 10.6 Å². The molecule has 2 atom stereocenters. The molecule has 6 nitrogen and oxygen atoms in total. The van der Waals surface area contributed by atoms with Gasteiger partial charge in [0.2, 0.25) is 0 Å². The maximum Gasteiger partial charge on any atom is 0.328 e. The number of amides is 2. The van der Waals surface area contributed by atoms with E-state index in [0.717, 1.165) is 5.56 Å². The highest BCUT2D eigenvalue weighted by Crippen LogP contribution is 2.02. The van der Waals surface area contributed by atoms with Crippen LogP contribution in [0.3, 0.4) is 0 Å². The monoisotopic (exact) mass is 284 g/mol. The number of halogens is 1. The normalized spacial score (nSPS) is 13.3. The quantitative estimate of drug-likeness (QED) is 0.611. The maximum absolute atomic E-state index is 12.7. The number of benzene rings is 1. The van der Waals surface area contributed by atoms with Crippen molar-refractivity contribution < 1.29 is 24.2 Å². The lowest BCUT2D eigenvalue weighted by Gasteiger charge is -2.17. The van der Waals surface area contributed by atoms with Gasteiger partial charge in [0.15, 0.2) is 6.04 Å². The summed E-state index contributed by atoms with van der Waals surface area (Å²) in [6, 6.07) is 3.81. The van der Waals surface area contributed by atoms with E-state index in [-0.39, 0.29) is 12.4 Å². The highest BCUT2D eigenvalue weighted by Gasteiger charge is 2.24. The van der Waals surface area contributed by atoms with Crippen molar-refractivity contribution in [2.24, 2.45) is 0 Å². The number of aliphatic hydroxyl groups excluding tert-OH is 1. The van der Waals surface area contributed by atoms with Gasteiger partial charge in [0, 0.05) is 6.54 Å². The van der Waals surface area contributed by atoms with Gasteiger partial charge < -0.3 is 20.8 Å². The molecule has 0 radical (unpaired) electrons. The van der Waals surface area contributed by atoms with E-state index in [1.54, 1.807) is 12.1 Å². The second-order valence-corrected chi connectivity index (χ2v) is 4.33. The van der Waals surface area contributed by atoms with Gasteiger partial charge in [-0.2, -0.15) is 0 Å². The van der Waals surface area contributed by atoms with Crippen LogP contribution in [-0.2, 0) is 11.2 Å². The van der Waals surface area contributed by atoms with Gasteiger partial charge in [-0.3, -0.25) is 0 Å². The van der Waals surface area contributed by atoms with Crippen LogP contribution in [0.25, 0.3) is 0 Å². The van der Waals surface area contributed by atoms with Crippen molar-refractivity contribution in [3.05, 3.63) is 35.6 Å². The lowest BCUT2D eigenvalue weighted by Crippen LogP contribution is -2.51. The summed E-state index contributed by atoms with van der Waals surface area (Å²) in [5, 5.41) is 22.6. The molecule has 1 rings (SSSR count). The summed E-state index contributed by atoms with van der Waals surface area (Å²) in [5.41, 5.74) is 0.844. The fourth-order valence-corrected chi connectivity index (χ4v) is 1.55. The molecular weight excluding hydrogens is 267 g/mol. The minimum atomic E-state index is -1.36. The van der Waals surface area contributed by atoms with Crippen molar-refractivity contribution in [3.63, 3.8) is 0 Å². The van der Waals surface area contributed by atoms with Crippen LogP contribution >= 0.6 is 0 Å². The highest BCUT2D eigenvalue weighted by atomic mass is 19.1. The Hall–Kier alpha value is -2.15. The molecule has 0 aliphatic heterocycles. The number of nitrogens with one attached hydrogen (secondary N) is 2. The molecule has 20 heavy (non-hydrogen) atoms. The first-order valence-electron chi connectivity index (χ1n) is 6.10. The second-order valence-electron chi connectivity index (χ2n) is 4.33. The molecule has 0 aliphatic rings. The van der Waals surface area contributed by atoms with Gasteiger partial charge in [0.25, 0.3) is 0 Å². The molecule has 0 aliphatic carbocycles. The molecule has 110 valence electrons. The standard InChI is InChI=1S/C13H17FN2O4/c1-8(17)11(12(18)19)16-13(20)15-7-6-9-2-4-10(14)5-3-9/h2-5,8,11,17H,6-7H2,1H3,(H,18,19)(H2,15,16,20). The van der Waals surface area contributed by atoms with E-state index in [9.17, 15) is 19.1 Å². The SMILES string of the molecule is CC(O)C(NC(=O)NCCc1ccc(F)cc1)C(=O)O. The fourth-order valence-electron chi connectivity index (χ4n) is 1.55. The molecule has 7 heteroatoms. The highest BCUT2D eigenvalue weighted by molar-refractivity contribution is 5.82. The lowest BCUT2D eigenvalue weighted by molar-refractivity contribution is -0.141. The predicted molar refractivity (Wildman–Crippen MR) is 69.7 cm³/mol. The number of carboxylic acid groups (broad SMARTS) is 1. The van der Waals surface area contributed by atoms with Gasteiger partial charge in [-0.25, -0.2) is 14.0 Å². The lowest BCUT2D eigenvalue weighted by atomic mass is 10.1. The van der Waals surface area contributed by atoms with Gasteiger partial charge in [0.05, 0.1) is 6.10 Å². The number of carbonyl (C=O) groups is 2. The molecule has 0 fully saturated rings. The average Bonchev–Trinajstić information content (AvgIpc) is 2.37. The third-order valence-electron chi connectivity index (χ3n) is 2.65. The van der Waals surface area contributed by atoms with Gasteiger partial charge in [-0.05, 0) is 31.0 Å². The number of rotatable bonds is 6. The Morgan fingerprint density at radius 3 is 2.40 bits per heavy atom. The first-order valence-corrected chi connectivity index (χ1v) is 6.10. The Labute approximate surface area is 115 Å². The molecule has 1 aromatic carbocycles. The summed E-state index contributed by atoms with van der Waals surface area (Å²) in [6.07, 6.45) is -0.713. The molecule has 0 saturated heterocycles. The molecule has 4 N–H and O–H groups in total. The molecule has 2 unspecified atom stereocenters. The van der Waals surface area contributed by atoms with E-state index >= 15 is 0 Å². The van der Waals surface area contributed by atoms with E-state index in [0.29, 0.717) is 6.42 Å². The molecule has 0 spiro atoms. The molecule has 0 aromatic heterocycles. The number of carbonyl (C=O) groups excluding carboxylic acids is 1. The summed E-state index contributed by atoms with van der Waals surface area (Å²) < 4.78 is 12.7. The van der Waals surface area contributed by atoms with Gasteiger partial charge in [-0.1, -0.05) is 12.1 Å². The van der Waals surface area contributed by atoms with Gasteiger partial charge in [0.1, 0.15) is 5.82 Å². The zero-order valence-corrected chi connectivity index (χ0v) is 11.0. The molecule has 2 amide bonds. The predicted octanol–water partition coefficient (Wildman–Crippen LogP) is 0.501. The zero-order valence-electron chi connectivity index (χ0n) is 11.0. The average molecular weight is 284 g/mol. The van der Waals surface area contributed by atoms with Crippen LogP contribution in [0.15, 0.2) is 24.3 Å². The Morgan fingerprint density at radius 1 is 1.30 bits per heavy atom. The summed E-state index contributed by atoms with van der Waals surface area (Å²) in [7, 11) is 0. The molecule has 0 saturated carbocycles. The van der Waals surface area contributed by atoms with E-state index in [4.69, 9.17) is 5.11 Å². The topological polar surface area (TPSA) is 98.7 Å². The van der Waals surface area contributed by atoms with Crippen molar-refractivity contribution in [1.82, 2.24) is 10.6 Å². The van der Waals surface area contributed by atoms with Crippen LogP contribution in [0, 0.1) is 5.82 Å². The minimum absolute atomic E-state index is 0.267. The Balaban J connectivity index is 2.36. The van der Waals surface area contributed by atoms with Crippen molar-refractivity contribution >= 4 is 12.0 Å². The van der Waals surface area contributed by atoms with Crippen molar-refractivity contribution in [1.29, 1.82) is 0 Å².